The van der Waals surface area contributed by atoms with Crippen LogP contribution in [0.3, 0.4) is 0 Å². The molecule has 6 rings (SSSR count). The van der Waals surface area contributed by atoms with Gasteiger partial charge in [-0.15, -0.1) is 0 Å². The molecule has 2 unspecified atom stereocenters. The Balaban J connectivity index is 1.20. The third-order valence-corrected chi connectivity index (χ3v) is 7.47. The maximum absolute atomic E-state index is 5.93. The molecule has 0 aromatic heterocycles. The standard InChI is InChI=1S/C26H33NO/c1-24-12-22-13-25(2,17-24)19-26(14-22,18-24)27-15-20-8-10-23(11-9-20)28-16-21-6-4-3-5-7-21/h3-11,22,27H,12-19H2,1-2H3/t22?,24-,25+,26?. The van der Waals surface area contributed by atoms with Crippen molar-refractivity contribution in [2.45, 2.75) is 71.1 Å². The van der Waals surface area contributed by atoms with Gasteiger partial charge in [-0.3, -0.25) is 0 Å². The molecule has 4 bridgehead atoms. The molecule has 4 fully saturated rings. The van der Waals surface area contributed by atoms with Gasteiger partial charge >= 0.3 is 0 Å². The molecule has 148 valence electrons. The summed E-state index contributed by atoms with van der Waals surface area (Å²) in [5, 5.41) is 4.03. The van der Waals surface area contributed by atoms with Gasteiger partial charge in [0.1, 0.15) is 12.4 Å². The van der Waals surface area contributed by atoms with Gasteiger partial charge in [-0.05, 0) is 78.5 Å². The van der Waals surface area contributed by atoms with Crippen LogP contribution in [0.15, 0.2) is 54.6 Å². The van der Waals surface area contributed by atoms with Crippen LogP contribution in [-0.4, -0.2) is 5.54 Å². The van der Waals surface area contributed by atoms with Crippen molar-refractivity contribution >= 4 is 0 Å². The Hall–Kier alpha value is -1.80. The molecule has 0 radical (unpaired) electrons. The van der Waals surface area contributed by atoms with E-state index in [1.54, 1.807) is 0 Å². The highest BCUT2D eigenvalue weighted by atomic mass is 16.5. The van der Waals surface area contributed by atoms with E-state index < -0.39 is 0 Å². The number of ether oxygens (including phenoxy) is 1. The van der Waals surface area contributed by atoms with E-state index in [1.807, 2.05) is 6.07 Å². The highest BCUT2D eigenvalue weighted by molar-refractivity contribution is 5.28. The molecule has 2 aromatic rings. The predicted octanol–water partition coefficient (Wildman–Crippen LogP) is 6.10. The topological polar surface area (TPSA) is 21.3 Å². The first-order valence-electron chi connectivity index (χ1n) is 10.9. The third kappa shape index (κ3) is 3.59. The van der Waals surface area contributed by atoms with Crippen LogP contribution in [0.1, 0.15) is 63.5 Å². The average Bonchev–Trinajstić information content (AvgIpc) is 2.64. The van der Waals surface area contributed by atoms with Crippen LogP contribution in [0.25, 0.3) is 0 Å². The van der Waals surface area contributed by atoms with Crippen LogP contribution >= 0.6 is 0 Å². The van der Waals surface area contributed by atoms with E-state index in [2.05, 4.69) is 67.7 Å². The first kappa shape index (κ1) is 18.2. The van der Waals surface area contributed by atoms with Gasteiger partial charge in [0.25, 0.3) is 0 Å². The van der Waals surface area contributed by atoms with Crippen LogP contribution in [0.4, 0.5) is 0 Å². The van der Waals surface area contributed by atoms with Crippen molar-refractivity contribution in [3.05, 3.63) is 65.7 Å². The van der Waals surface area contributed by atoms with Gasteiger partial charge in [-0.1, -0.05) is 56.3 Å². The maximum Gasteiger partial charge on any atom is 0.119 e. The Morgan fingerprint density at radius 3 is 2.14 bits per heavy atom. The van der Waals surface area contributed by atoms with E-state index in [1.165, 1.54) is 49.7 Å². The van der Waals surface area contributed by atoms with Gasteiger partial charge in [-0.25, -0.2) is 0 Å². The van der Waals surface area contributed by atoms with Gasteiger partial charge in [0.2, 0.25) is 0 Å². The molecule has 0 saturated heterocycles. The average molecular weight is 376 g/mol. The molecule has 4 aliphatic rings. The molecule has 0 heterocycles. The number of nitrogens with one attached hydrogen (secondary N) is 1. The Labute approximate surface area is 169 Å². The Bertz CT molecular complexity index is 809. The summed E-state index contributed by atoms with van der Waals surface area (Å²) < 4.78 is 5.93. The van der Waals surface area contributed by atoms with Gasteiger partial charge < -0.3 is 10.1 Å². The first-order chi connectivity index (χ1) is 13.4. The summed E-state index contributed by atoms with van der Waals surface area (Å²) in [4.78, 5) is 0. The second-order valence-electron chi connectivity index (χ2n) is 10.7. The normalized spacial score (nSPS) is 35.9. The van der Waals surface area contributed by atoms with Crippen molar-refractivity contribution in [1.82, 2.24) is 5.32 Å². The zero-order chi connectivity index (χ0) is 19.2. The summed E-state index contributed by atoms with van der Waals surface area (Å²) in [6.45, 7) is 6.69. The van der Waals surface area contributed by atoms with Gasteiger partial charge in [0.15, 0.2) is 0 Å². The molecular formula is C26H33NO. The lowest BCUT2D eigenvalue weighted by Gasteiger charge is -2.65. The molecule has 4 atom stereocenters. The summed E-state index contributed by atoms with van der Waals surface area (Å²) in [6.07, 6.45) is 8.47. The molecule has 4 saturated carbocycles. The lowest BCUT2D eigenvalue weighted by Crippen LogP contribution is -2.63. The largest absolute Gasteiger partial charge is 0.489 e. The van der Waals surface area contributed by atoms with E-state index in [0.717, 1.165) is 18.2 Å². The molecule has 1 N–H and O–H groups in total. The summed E-state index contributed by atoms with van der Waals surface area (Å²) in [7, 11) is 0. The van der Waals surface area contributed by atoms with Crippen LogP contribution in [0, 0.1) is 16.7 Å². The highest BCUT2D eigenvalue weighted by Gasteiger charge is 2.59. The SMILES string of the molecule is C[C@]12CC3CC(NCc4ccc(OCc5ccccc5)cc4)(C1)C[C@@](C)(C3)C2. The van der Waals surface area contributed by atoms with Crippen molar-refractivity contribution in [2.75, 3.05) is 0 Å². The summed E-state index contributed by atoms with van der Waals surface area (Å²) in [5.74, 6) is 1.88. The molecular weight excluding hydrogens is 342 g/mol. The lowest BCUT2D eigenvalue weighted by molar-refractivity contribution is -0.118. The molecule has 28 heavy (non-hydrogen) atoms. The van der Waals surface area contributed by atoms with Gasteiger partial charge in [0, 0.05) is 12.1 Å². The van der Waals surface area contributed by atoms with Gasteiger partial charge in [-0.2, -0.15) is 0 Å². The predicted molar refractivity (Wildman–Crippen MR) is 114 cm³/mol. The zero-order valence-corrected chi connectivity index (χ0v) is 17.3. The number of rotatable bonds is 6. The monoisotopic (exact) mass is 375 g/mol. The van der Waals surface area contributed by atoms with Crippen LogP contribution < -0.4 is 10.1 Å². The van der Waals surface area contributed by atoms with Crippen molar-refractivity contribution < 1.29 is 4.74 Å². The zero-order valence-electron chi connectivity index (χ0n) is 17.3. The molecule has 0 amide bonds. The molecule has 2 nitrogen and oxygen atoms in total. The minimum Gasteiger partial charge on any atom is -0.489 e. The Morgan fingerprint density at radius 1 is 0.821 bits per heavy atom. The number of hydrogen-bond donors (Lipinski definition) is 1. The maximum atomic E-state index is 5.93. The highest BCUT2D eigenvalue weighted by Crippen LogP contribution is 2.66. The van der Waals surface area contributed by atoms with E-state index in [4.69, 9.17) is 4.74 Å². The lowest BCUT2D eigenvalue weighted by atomic mass is 9.43. The van der Waals surface area contributed by atoms with E-state index >= 15 is 0 Å². The molecule has 0 spiro atoms. The third-order valence-electron chi connectivity index (χ3n) is 7.47. The second kappa shape index (κ2) is 6.62. The quantitative estimate of drug-likeness (QED) is 0.658. The van der Waals surface area contributed by atoms with Crippen molar-refractivity contribution in [3.8, 4) is 5.75 Å². The number of benzene rings is 2. The fraction of sp³-hybridized carbons (Fsp3) is 0.538. The van der Waals surface area contributed by atoms with Gasteiger partial charge in [0.05, 0.1) is 0 Å². The van der Waals surface area contributed by atoms with Crippen LogP contribution in [0.5, 0.6) is 5.75 Å². The molecule has 2 aromatic carbocycles. The smallest absolute Gasteiger partial charge is 0.119 e. The summed E-state index contributed by atoms with van der Waals surface area (Å²) in [5.41, 5.74) is 4.06. The van der Waals surface area contributed by atoms with Crippen molar-refractivity contribution in [2.24, 2.45) is 16.7 Å². The summed E-state index contributed by atoms with van der Waals surface area (Å²) in [6, 6.07) is 19.0. The minimum atomic E-state index is 0.366. The number of hydrogen-bond acceptors (Lipinski definition) is 2. The minimum absolute atomic E-state index is 0.366. The van der Waals surface area contributed by atoms with Crippen LogP contribution in [0.2, 0.25) is 0 Å². The van der Waals surface area contributed by atoms with Crippen molar-refractivity contribution in [3.63, 3.8) is 0 Å². The van der Waals surface area contributed by atoms with E-state index in [9.17, 15) is 0 Å². The van der Waals surface area contributed by atoms with Crippen molar-refractivity contribution in [1.29, 1.82) is 0 Å². The van der Waals surface area contributed by atoms with E-state index in [0.29, 0.717) is 23.0 Å². The Kier molecular flexibility index (Phi) is 4.32. The molecule has 2 heteroatoms. The first-order valence-corrected chi connectivity index (χ1v) is 10.9. The summed E-state index contributed by atoms with van der Waals surface area (Å²) >= 11 is 0. The molecule has 4 aliphatic carbocycles. The molecule has 0 aliphatic heterocycles. The fourth-order valence-electron chi connectivity index (χ4n) is 7.38. The second-order valence-corrected chi connectivity index (χ2v) is 10.7. The van der Waals surface area contributed by atoms with Crippen LogP contribution in [-0.2, 0) is 13.2 Å². The van der Waals surface area contributed by atoms with E-state index in [-0.39, 0.29) is 0 Å². The Morgan fingerprint density at radius 2 is 1.50 bits per heavy atom. The fourth-order valence-corrected chi connectivity index (χ4v) is 7.38.